The van der Waals surface area contributed by atoms with E-state index in [-0.39, 0.29) is 5.91 Å². The first-order chi connectivity index (χ1) is 7.33. The Morgan fingerprint density at radius 2 is 2.47 bits per heavy atom. The average molecular weight is 240 g/mol. The highest BCUT2D eigenvalue weighted by Gasteiger charge is 1.96. The van der Waals surface area contributed by atoms with E-state index in [1.165, 1.54) is 6.08 Å². The van der Waals surface area contributed by atoms with Crippen LogP contribution in [0.1, 0.15) is 0 Å². The summed E-state index contributed by atoms with van der Waals surface area (Å²) in [6.45, 7) is 4.02. The fourth-order valence-electron chi connectivity index (χ4n) is 0.786. The molecule has 0 fully saturated rings. The van der Waals surface area contributed by atoms with E-state index in [9.17, 15) is 4.79 Å². The Morgan fingerprint density at radius 3 is 3.13 bits per heavy atom. The molecule has 1 rings (SSSR count). The number of nitrogens with zero attached hydrogens (tertiary/aromatic N) is 1. The van der Waals surface area contributed by atoms with Crippen molar-refractivity contribution in [2.24, 2.45) is 0 Å². The summed E-state index contributed by atoms with van der Waals surface area (Å²) in [5.41, 5.74) is 0. The molecule has 0 bridgehead atoms. The van der Waals surface area contributed by atoms with E-state index in [1.807, 2.05) is 18.2 Å². The van der Waals surface area contributed by atoms with Crippen LogP contribution in [0.5, 0.6) is 0 Å². The van der Waals surface area contributed by atoms with Crippen LogP contribution >= 0.6 is 21.6 Å². The molecular formula is C10H12N2OS2. The lowest BCUT2D eigenvalue weighted by molar-refractivity contribution is -0.116. The fraction of sp³-hybridized carbons (Fsp3) is 0.200. The van der Waals surface area contributed by atoms with E-state index in [1.54, 1.807) is 27.8 Å². The van der Waals surface area contributed by atoms with Crippen LogP contribution in [0.2, 0.25) is 0 Å². The lowest BCUT2D eigenvalue weighted by Gasteiger charge is -2.01. The number of carbonyl (C=O) groups is 1. The number of amides is 1. The summed E-state index contributed by atoms with van der Waals surface area (Å²) >= 11 is 0. The molecule has 0 unspecified atom stereocenters. The van der Waals surface area contributed by atoms with Gasteiger partial charge in [-0.1, -0.05) is 23.4 Å². The molecule has 3 nitrogen and oxygen atoms in total. The molecule has 0 aromatic carbocycles. The topological polar surface area (TPSA) is 42.0 Å². The van der Waals surface area contributed by atoms with Gasteiger partial charge >= 0.3 is 0 Å². The summed E-state index contributed by atoms with van der Waals surface area (Å²) in [7, 11) is 3.27. The largest absolute Gasteiger partial charge is 0.352 e. The van der Waals surface area contributed by atoms with Crippen LogP contribution in [-0.2, 0) is 4.79 Å². The number of hydrogen-bond acceptors (Lipinski definition) is 4. The van der Waals surface area contributed by atoms with Gasteiger partial charge in [-0.15, -0.1) is 0 Å². The predicted octanol–water partition coefficient (Wildman–Crippen LogP) is 2.12. The summed E-state index contributed by atoms with van der Waals surface area (Å²) in [6, 6.07) is 5.80. The minimum Gasteiger partial charge on any atom is -0.352 e. The van der Waals surface area contributed by atoms with Gasteiger partial charge in [-0.3, -0.25) is 4.79 Å². The molecule has 0 aliphatic rings. The molecule has 1 amide bonds. The first kappa shape index (κ1) is 12.1. The molecule has 1 aromatic rings. The molecule has 5 heteroatoms. The van der Waals surface area contributed by atoms with Crippen LogP contribution in [-0.4, -0.2) is 23.2 Å². The fourth-order valence-corrected chi connectivity index (χ4v) is 2.57. The van der Waals surface area contributed by atoms with Gasteiger partial charge in [-0.2, -0.15) is 0 Å². The Labute approximate surface area is 97.1 Å². The molecule has 0 saturated heterocycles. The maximum atomic E-state index is 10.8. The second kappa shape index (κ2) is 7.36. The molecule has 1 heterocycles. The van der Waals surface area contributed by atoms with Crippen molar-refractivity contribution in [1.82, 2.24) is 10.3 Å². The van der Waals surface area contributed by atoms with Crippen molar-refractivity contribution in [3.8, 4) is 0 Å². The molecule has 0 atom stereocenters. The van der Waals surface area contributed by atoms with E-state index < -0.39 is 0 Å². The zero-order chi connectivity index (χ0) is 10.9. The Kier molecular flexibility index (Phi) is 5.96. The minimum atomic E-state index is -0.126. The van der Waals surface area contributed by atoms with Crippen LogP contribution in [0.4, 0.5) is 0 Å². The van der Waals surface area contributed by atoms with Gasteiger partial charge in [0.2, 0.25) is 5.91 Å². The van der Waals surface area contributed by atoms with Gasteiger partial charge in [0.15, 0.2) is 0 Å². The van der Waals surface area contributed by atoms with Crippen molar-refractivity contribution >= 4 is 27.5 Å². The molecule has 0 spiro atoms. The Bertz CT molecular complexity index is 316. The molecule has 0 aliphatic heterocycles. The van der Waals surface area contributed by atoms with Crippen molar-refractivity contribution in [3.05, 3.63) is 37.1 Å². The lowest BCUT2D eigenvalue weighted by atomic mass is 10.5. The van der Waals surface area contributed by atoms with Gasteiger partial charge in [-0.25, -0.2) is 4.98 Å². The Hall–Kier alpha value is -0.940. The standard InChI is InChI=1S/C10H12N2OS2/c1-2-9(13)11-7-8-14-15-10-5-3-4-6-12-10/h2-6H,1,7-8H2,(H,11,13). The number of carbonyl (C=O) groups excluding carboxylic acids is 1. The summed E-state index contributed by atoms with van der Waals surface area (Å²) in [6.07, 6.45) is 3.04. The third-order valence-corrected chi connectivity index (χ3v) is 3.72. The molecule has 0 radical (unpaired) electrons. The highest BCUT2D eigenvalue weighted by atomic mass is 33.1. The highest BCUT2D eigenvalue weighted by Crippen LogP contribution is 2.28. The maximum absolute atomic E-state index is 10.8. The monoisotopic (exact) mass is 240 g/mol. The van der Waals surface area contributed by atoms with Crippen molar-refractivity contribution < 1.29 is 4.79 Å². The highest BCUT2D eigenvalue weighted by molar-refractivity contribution is 8.76. The second-order valence-corrected chi connectivity index (χ2v) is 5.00. The average Bonchev–Trinajstić information content (AvgIpc) is 2.29. The predicted molar refractivity (Wildman–Crippen MR) is 65.8 cm³/mol. The maximum Gasteiger partial charge on any atom is 0.243 e. The number of nitrogens with one attached hydrogen (secondary N) is 1. The lowest BCUT2D eigenvalue weighted by Crippen LogP contribution is -2.22. The molecule has 15 heavy (non-hydrogen) atoms. The summed E-state index contributed by atoms with van der Waals surface area (Å²) < 4.78 is 0. The van der Waals surface area contributed by atoms with Crippen LogP contribution < -0.4 is 5.32 Å². The van der Waals surface area contributed by atoms with Gasteiger partial charge in [0, 0.05) is 18.5 Å². The first-order valence-corrected chi connectivity index (χ1v) is 6.75. The summed E-state index contributed by atoms with van der Waals surface area (Å²) in [4.78, 5) is 15.0. The van der Waals surface area contributed by atoms with Crippen molar-refractivity contribution in [2.75, 3.05) is 12.3 Å². The molecule has 0 aliphatic carbocycles. The van der Waals surface area contributed by atoms with Crippen LogP contribution in [0, 0.1) is 0 Å². The van der Waals surface area contributed by atoms with Crippen LogP contribution in [0.15, 0.2) is 42.1 Å². The number of pyridine rings is 1. The molecule has 0 saturated carbocycles. The smallest absolute Gasteiger partial charge is 0.243 e. The van der Waals surface area contributed by atoms with Gasteiger partial charge in [0.05, 0.1) is 0 Å². The van der Waals surface area contributed by atoms with Gasteiger partial charge in [0.1, 0.15) is 5.03 Å². The van der Waals surface area contributed by atoms with E-state index >= 15 is 0 Å². The van der Waals surface area contributed by atoms with Crippen molar-refractivity contribution in [3.63, 3.8) is 0 Å². The molecule has 1 aromatic heterocycles. The molecular weight excluding hydrogens is 228 g/mol. The van der Waals surface area contributed by atoms with E-state index in [0.29, 0.717) is 6.54 Å². The van der Waals surface area contributed by atoms with E-state index in [0.717, 1.165) is 10.8 Å². The van der Waals surface area contributed by atoms with E-state index in [4.69, 9.17) is 0 Å². The van der Waals surface area contributed by atoms with Gasteiger partial charge in [-0.05, 0) is 29.0 Å². The van der Waals surface area contributed by atoms with Gasteiger partial charge < -0.3 is 5.32 Å². The van der Waals surface area contributed by atoms with Gasteiger partial charge in [0.25, 0.3) is 0 Å². The molecule has 80 valence electrons. The molecule has 1 N–H and O–H groups in total. The SMILES string of the molecule is C=CC(=O)NCCSSc1ccccn1. The second-order valence-electron chi connectivity index (χ2n) is 2.57. The quantitative estimate of drug-likeness (QED) is 0.470. The Morgan fingerprint density at radius 1 is 1.60 bits per heavy atom. The normalized spacial score (nSPS) is 9.60. The minimum absolute atomic E-state index is 0.126. The summed E-state index contributed by atoms with van der Waals surface area (Å²) in [5.74, 6) is 0.722. The zero-order valence-corrected chi connectivity index (χ0v) is 9.81. The van der Waals surface area contributed by atoms with Crippen LogP contribution in [0.25, 0.3) is 0 Å². The summed E-state index contributed by atoms with van der Waals surface area (Å²) in [5, 5.41) is 3.69. The number of aromatic nitrogens is 1. The van der Waals surface area contributed by atoms with Crippen molar-refractivity contribution in [2.45, 2.75) is 5.03 Å². The van der Waals surface area contributed by atoms with E-state index in [2.05, 4.69) is 16.9 Å². The zero-order valence-electron chi connectivity index (χ0n) is 8.18. The van der Waals surface area contributed by atoms with Crippen LogP contribution in [0.3, 0.4) is 0 Å². The number of rotatable bonds is 6. The number of hydrogen-bond donors (Lipinski definition) is 1. The van der Waals surface area contributed by atoms with Crippen molar-refractivity contribution in [1.29, 1.82) is 0 Å². The third kappa shape index (κ3) is 5.49. The first-order valence-electron chi connectivity index (χ1n) is 4.43. The Balaban J connectivity index is 2.07. The third-order valence-electron chi connectivity index (χ3n) is 1.45.